The Morgan fingerprint density at radius 3 is 2.89 bits per heavy atom. The first-order valence-electron chi connectivity index (χ1n) is 5.39. The standard InChI is InChI=1S/C10H14BrN3O4/c1-4-2-14(10(17)13-8(4)12)9-7(16)6(11)5(3-15)18-9/h2,5-7,9,15-16H,3H2,1H3,(H2,12,13,17)/t5-,6+,7-,9-/m1/s1. The van der Waals surface area contributed by atoms with Gasteiger partial charge in [-0.25, -0.2) is 4.79 Å². The molecule has 1 aromatic heterocycles. The minimum atomic E-state index is -0.954. The van der Waals surface area contributed by atoms with E-state index in [4.69, 9.17) is 15.6 Å². The first kappa shape index (κ1) is 13.5. The molecule has 1 aromatic rings. The third kappa shape index (κ3) is 2.16. The number of hydrogen-bond acceptors (Lipinski definition) is 6. The fourth-order valence-corrected chi connectivity index (χ4v) is 2.40. The fraction of sp³-hybridized carbons (Fsp3) is 0.600. The van der Waals surface area contributed by atoms with Crippen LogP contribution in [0.15, 0.2) is 11.0 Å². The Labute approximate surface area is 111 Å². The first-order valence-corrected chi connectivity index (χ1v) is 6.31. The average molecular weight is 320 g/mol. The summed E-state index contributed by atoms with van der Waals surface area (Å²) in [5, 5.41) is 19.1. The molecule has 18 heavy (non-hydrogen) atoms. The van der Waals surface area contributed by atoms with Gasteiger partial charge in [-0.2, -0.15) is 4.98 Å². The number of anilines is 1. The highest BCUT2D eigenvalue weighted by molar-refractivity contribution is 9.09. The van der Waals surface area contributed by atoms with Crippen LogP contribution in [0, 0.1) is 6.92 Å². The van der Waals surface area contributed by atoms with Gasteiger partial charge in [0.1, 0.15) is 11.9 Å². The van der Waals surface area contributed by atoms with Gasteiger partial charge in [0.25, 0.3) is 0 Å². The molecule has 1 aliphatic heterocycles. The molecule has 1 fully saturated rings. The van der Waals surface area contributed by atoms with Crippen LogP contribution in [-0.2, 0) is 4.74 Å². The molecule has 4 N–H and O–H groups in total. The molecule has 0 amide bonds. The molecule has 1 aliphatic rings. The molecule has 4 atom stereocenters. The normalized spacial score (nSPS) is 31.8. The van der Waals surface area contributed by atoms with Gasteiger partial charge < -0.3 is 20.7 Å². The van der Waals surface area contributed by atoms with Crippen molar-refractivity contribution in [2.75, 3.05) is 12.3 Å². The van der Waals surface area contributed by atoms with Crippen molar-refractivity contribution in [3.05, 3.63) is 22.2 Å². The first-order chi connectivity index (χ1) is 8.45. The SMILES string of the molecule is Cc1cn([C@@H]2O[C@H](CO)[C@H](Br)[C@H]2O)c(=O)nc1N. The molecule has 1 saturated heterocycles. The van der Waals surface area contributed by atoms with Gasteiger partial charge in [-0.15, -0.1) is 0 Å². The molecule has 0 aromatic carbocycles. The predicted molar refractivity (Wildman–Crippen MR) is 67.4 cm³/mol. The van der Waals surface area contributed by atoms with E-state index in [-0.39, 0.29) is 12.4 Å². The molecule has 0 unspecified atom stereocenters. The summed E-state index contributed by atoms with van der Waals surface area (Å²) in [6.45, 7) is 1.45. The van der Waals surface area contributed by atoms with Gasteiger partial charge in [0, 0.05) is 11.8 Å². The van der Waals surface area contributed by atoms with Crippen LogP contribution in [0.1, 0.15) is 11.8 Å². The zero-order valence-corrected chi connectivity index (χ0v) is 11.2. The highest BCUT2D eigenvalue weighted by atomic mass is 79.9. The number of nitrogens with zero attached hydrogens (tertiary/aromatic N) is 2. The van der Waals surface area contributed by atoms with E-state index >= 15 is 0 Å². The molecule has 0 radical (unpaired) electrons. The van der Waals surface area contributed by atoms with E-state index in [2.05, 4.69) is 20.9 Å². The van der Waals surface area contributed by atoms with E-state index in [0.717, 1.165) is 0 Å². The fourth-order valence-electron chi connectivity index (χ4n) is 1.85. The van der Waals surface area contributed by atoms with Crippen molar-refractivity contribution in [2.45, 2.75) is 30.2 Å². The van der Waals surface area contributed by atoms with E-state index in [9.17, 15) is 9.90 Å². The second-order valence-electron chi connectivity index (χ2n) is 4.18. The molecule has 0 aliphatic carbocycles. The van der Waals surface area contributed by atoms with E-state index in [0.29, 0.717) is 5.56 Å². The molecule has 7 nitrogen and oxygen atoms in total. The lowest BCUT2D eigenvalue weighted by molar-refractivity contribution is -0.0529. The topological polar surface area (TPSA) is 111 Å². The van der Waals surface area contributed by atoms with Gasteiger partial charge >= 0.3 is 5.69 Å². The van der Waals surface area contributed by atoms with E-state index < -0.39 is 29.0 Å². The maximum Gasteiger partial charge on any atom is 0.351 e. The molecule has 100 valence electrons. The van der Waals surface area contributed by atoms with Crippen LogP contribution in [0.25, 0.3) is 0 Å². The van der Waals surface area contributed by atoms with Crippen LogP contribution in [0.5, 0.6) is 0 Å². The van der Waals surface area contributed by atoms with E-state index in [1.807, 2.05) is 0 Å². The number of nitrogen functional groups attached to an aromatic ring is 1. The zero-order valence-electron chi connectivity index (χ0n) is 9.65. The van der Waals surface area contributed by atoms with Crippen molar-refractivity contribution >= 4 is 21.7 Å². The summed E-state index contributed by atoms with van der Waals surface area (Å²) in [6.07, 6.45) is -0.928. The van der Waals surface area contributed by atoms with Crippen LogP contribution in [0.4, 0.5) is 5.82 Å². The van der Waals surface area contributed by atoms with Crippen molar-refractivity contribution < 1.29 is 14.9 Å². The van der Waals surface area contributed by atoms with Crippen LogP contribution in [-0.4, -0.2) is 43.4 Å². The van der Waals surface area contributed by atoms with Gasteiger partial charge in [0.05, 0.1) is 17.5 Å². The molecule has 0 spiro atoms. The smallest absolute Gasteiger partial charge is 0.351 e. The molecule has 2 rings (SSSR count). The van der Waals surface area contributed by atoms with Crippen LogP contribution in [0.3, 0.4) is 0 Å². The van der Waals surface area contributed by atoms with Gasteiger partial charge in [-0.1, -0.05) is 15.9 Å². The Morgan fingerprint density at radius 2 is 2.33 bits per heavy atom. The quantitative estimate of drug-likeness (QED) is 0.612. The molecule has 0 saturated carbocycles. The van der Waals surface area contributed by atoms with E-state index in [1.54, 1.807) is 6.92 Å². The number of aryl methyl sites for hydroxylation is 1. The number of nitrogens with two attached hydrogens (primary N) is 1. The Kier molecular flexibility index (Phi) is 3.71. The number of aliphatic hydroxyl groups is 2. The second kappa shape index (κ2) is 4.96. The number of alkyl halides is 1. The predicted octanol–water partition coefficient (Wildman–Crippen LogP) is -0.852. The number of halogens is 1. The van der Waals surface area contributed by atoms with Gasteiger partial charge in [-0.05, 0) is 6.92 Å². The zero-order chi connectivity index (χ0) is 13.4. The van der Waals surface area contributed by atoms with E-state index in [1.165, 1.54) is 10.8 Å². The summed E-state index contributed by atoms with van der Waals surface area (Å²) in [5.74, 6) is 0.151. The third-order valence-electron chi connectivity index (χ3n) is 2.92. The summed E-state index contributed by atoms with van der Waals surface area (Å²) in [6, 6.07) is 0. The number of ether oxygens (including phenoxy) is 1. The summed E-state index contributed by atoms with van der Waals surface area (Å²) in [5.41, 5.74) is 5.54. The largest absolute Gasteiger partial charge is 0.394 e. The Hall–Kier alpha value is -0.960. The van der Waals surface area contributed by atoms with Crippen molar-refractivity contribution in [1.29, 1.82) is 0 Å². The van der Waals surface area contributed by atoms with Crippen LogP contribution >= 0.6 is 15.9 Å². The lowest BCUT2D eigenvalue weighted by Crippen LogP contribution is -2.34. The minimum Gasteiger partial charge on any atom is -0.394 e. The molecule has 0 bridgehead atoms. The Balaban J connectivity index is 2.39. The van der Waals surface area contributed by atoms with Gasteiger partial charge in [0.2, 0.25) is 0 Å². The summed E-state index contributed by atoms with van der Waals surface area (Å²) in [7, 11) is 0. The van der Waals surface area contributed by atoms with Crippen molar-refractivity contribution in [3.63, 3.8) is 0 Å². The number of aliphatic hydroxyl groups excluding tert-OH is 2. The number of hydrogen-bond donors (Lipinski definition) is 3. The Morgan fingerprint density at radius 1 is 1.67 bits per heavy atom. The van der Waals surface area contributed by atoms with Gasteiger partial charge in [0.15, 0.2) is 6.23 Å². The molecule has 2 heterocycles. The van der Waals surface area contributed by atoms with Gasteiger partial charge in [-0.3, -0.25) is 4.57 Å². The second-order valence-corrected chi connectivity index (χ2v) is 5.24. The average Bonchev–Trinajstić information content (AvgIpc) is 2.61. The summed E-state index contributed by atoms with van der Waals surface area (Å²) < 4.78 is 6.61. The van der Waals surface area contributed by atoms with Crippen molar-refractivity contribution in [3.8, 4) is 0 Å². The molecule has 8 heteroatoms. The van der Waals surface area contributed by atoms with Crippen molar-refractivity contribution in [2.24, 2.45) is 0 Å². The summed E-state index contributed by atoms with van der Waals surface area (Å²) >= 11 is 3.23. The molecular weight excluding hydrogens is 306 g/mol. The van der Waals surface area contributed by atoms with Crippen molar-refractivity contribution in [1.82, 2.24) is 9.55 Å². The number of rotatable bonds is 2. The monoisotopic (exact) mass is 319 g/mol. The number of aromatic nitrogens is 2. The van der Waals surface area contributed by atoms with Crippen LogP contribution < -0.4 is 11.4 Å². The highest BCUT2D eigenvalue weighted by Crippen LogP contribution is 2.33. The third-order valence-corrected chi connectivity index (χ3v) is 4.05. The maximum absolute atomic E-state index is 11.7. The highest BCUT2D eigenvalue weighted by Gasteiger charge is 2.43. The maximum atomic E-state index is 11.7. The molecular formula is C10H14BrN3O4. The lowest BCUT2D eigenvalue weighted by Gasteiger charge is -2.18. The Bertz CT molecular complexity index is 506. The lowest BCUT2D eigenvalue weighted by atomic mass is 10.2. The summed E-state index contributed by atoms with van der Waals surface area (Å²) in [4.78, 5) is 14.9. The minimum absolute atomic E-state index is 0.151. The van der Waals surface area contributed by atoms with Crippen LogP contribution in [0.2, 0.25) is 0 Å².